The molecule has 6 heteroatoms. The maximum Gasteiger partial charge on any atom is 0.260 e. The van der Waals surface area contributed by atoms with Crippen molar-refractivity contribution in [1.82, 2.24) is 9.88 Å². The minimum absolute atomic E-state index is 0.213. The summed E-state index contributed by atoms with van der Waals surface area (Å²) in [6, 6.07) is 15.3. The van der Waals surface area contributed by atoms with Gasteiger partial charge in [-0.25, -0.2) is 8.78 Å². The molecule has 140 valence electrons. The monoisotopic (exact) mass is 377 g/mol. The summed E-state index contributed by atoms with van der Waals surface area (Å²) in [6.07, 6.45) is 2.00. The minimum atomic E-state index is -0.968. The Balaban J connectivity index is 1.62. The molecule has 0 N–H and O–H groups in total. The fourth-order valence-corrected chi connectivity index (χ4v) is 4.15. The Morgan fingerprint density at radius 1 is 1.04 bits per heavy atom. The van der Waals surface area contributed by atoms with Crippen LogP contribution in [0.5, 0.6) is 0 Å². The van der Waals surface area contributed by atoms with E-state index >= 15 is 0 Å². The molecule has 1 unspecified atom stereocenters. The smallest absolute Gasteiger partial charge is 0.260 e. The number of pyridine rings is 1. The van der Waals surface area contributed by atoms with Crippen LogP contribution in [0.15, 0.2) is 60.8 Å². The van der Waals surface area contributed by atoms with Crippen LogP contribution in [0.3, 0.4) is 0 Å². The predicted octanol–water partition coefficient (Wildman–Crippen LogP) is 4.08. The fourth-order valence-electron chi connectivity index (χ4n) is 4.15. The van der Waals surface area contributed by atoms with Crippen LogP contribution in [0.2, 0.25) is 0 Å². The van der Waals surface area contributed by atoms with Crippen molar-refractivity contribution in [1.29, 1.82) is 0 Å². The molecular weight excluding hydrogens is 360 g/mol. The molecule has 0 spiro atoms. The van der Waals surface area contributed by atoms with E-state index in [9.17, 15) is 13.6 Å². The lowest BCUT2D eigenvalue weighted by molar-refractivity contribution is 0.0948. The fraction of sp³-hybridized carbons (Fsp3) is 0.182. The molecule has 4 nitrogen and oxygen atoms in total. The summed E-state index contributed by atoms with van der Waals surface area (Å²) in [7, 11) is 0. The molecular formula is C22H17F2N3O. The van der Waals surface area contributed by atoms with E-state index in [1.54, 1.807) is 17.2 Å². The van der Waals surface area contributed by atoms with Crippen molar-refractivity contribution in [3.63, 3.8) is 0 Å². The number of benzene rings is 2. The molecule has 0 radical (unpaired) electrons. The number of carbonyl (C=O) groups excluding carboxylic acids is 1. The number of amides is 1. The largest absolute Gasteiger partial charge is 0.288 e. The average Bonchev–Trinajstić information content (AvgIpc) is 3.01. The van der Waals surface area contributed by atoms with Gasteiger partial charge < -0.3 is 0 Å². The van der Waals surface area contributed by atoms with Crippen molar-refractivity contribution in [2.45, 2.75) is 19.1 Å². The van der Waals surface area contributed by atoms with Crippen LogP contribution in [0, 0.1) is 11.6 Å². The van der Waals surface area contributed by atoms with Crippen molar-refractivity contribution in [3.8, 4) is 0 Å². The summed E-state index contributed by atoms with van der Waals surface area (Å²) < 4.78 is 27.4. The van der Waals surface area contributed by atoms with Crippen molar-refractivity contribution in [3.05, 3.63) is 94.8 Å². The van der Waals surface area contributed by atoms with Crippen molar-refractivity contribution >= 4 is 11.6 Å². The number of hydrogen-bond donors (Lipinski definition) is 0. The van der Waals surface area contributed by atoms with Crippen LogP contribution in [-0.2, 0) is 13.0 Å². The van der Waals surface area contributed by atoms with E-state index in [0.29, 0.717) is 17.8 Å². The van der Waals surface area contributed by atoms with E-state index in [0.717, 1.165) is 41.9 Å². The van der Waals surface area contributed by atoms with Gasteiger partial charge in [-0.2, -0.15) is 0 Å². The Morgan fingerprint density at radius 2 is 1.86 bits per heavy atom. The first-order chi connectivity index (χ1) is 13.6. The first kappa shape index (κ1) is 17.0. The molecule has 0 bridgehead atoms. The first-order valence-corrected chi connectivity index (χ1v) is 9.18. The van der Waals surface area contributed by atoms with E-state index in [4.69, 9.17) is 0 Å². The molecule has 1 atom stereocenters. The van der Waals surface area contributed by atoms with Gasteiger partial charge in [0.2, 0.25) is 0 Å². The van der Waals surface area contributed by atoms with Gasteiger partial charge in [-0.1, -0.05) is 30.3 Å². The van der Waals surface area contributed by atoms with E-state index in [2.05, 4.69) is 9.88 Å². The summed E-state index contributed by atoms with van der Waals surface area (Å²) in [5, 5.41) is 0. The Kier molecular flexibility index (Phi) is 3.94. The maximum absolute atomic E-state index is 13.9. The van der Waals surface area contributed by atoms with Gasteiger partial charge in [0.15, 0.2) is 11.6 Å². The lowest BCUT2D eigenvalue weighted by Gasteiger charge is -2.39. The van der Waals surface area contributed by atoms with Gasteiger partial charge >= 0.3 is 0 Å². The second-order valence-corrected chi connectivity index (χ2v) is 7.07. The van der Waals surface area contributed by atoms with Gasteiger partial charge in [0.1, 0.15) is 6.17 Å². The van der Waals surface area contributed by atoms with Crippen molar-refractivity contribution < 1.29 is 13.6 Å². The SMILES string of the molecule is O=C1c2ccnc3c2C(N(Cc2ccccc2)CC3)N1c1ccc(F)c(F)c1. The average molecular weight is 377 g/mol. The second-order valence-electron chi connectivity index (χ2n) is 7.07. The van der Waals surface area contributed by atoms with Crippen LogP contribution < -0.4 is 4.90 Å². The molecule has 1 aromatic heterocycles. The van der Waals surface area contributed by atoms with Crippen LogP contribution in [0.25, 0.3) is 0 Å². The molecule has 0 saturated heterocycles. The topological polar surface area (TPSA) is 36.4 Å². The Bertz CT molecular complexity index is 1070. The highest BCUT2D eigenvalue weighted by Gasteiger charge is 2.45. The third-order valence-corrected chi connectivity index (χ3v) is 5.42. The van der Waals surface area contributed by atoms with Gasteiger partial charge in [-0.05, 0) is 23.8 Å². The summed E-state index contributed by atoms with van der Waals surface area (Å²) in [6.45, 7) is 1.36. The zero-order valence-electron chi connectivity index (χ0n) is 15.0. The standard InChI is InChI=1S/C22H17F2N3O/c23-17-7-6-15(12-18(17)24)27-21-20-16(22(27)28)8-10-25-19(20)9-11-26(21)13-14-4-2-1-3-5-14/h1-8,10,12,21H,9,11,13H2. The molecule has 1 amide bonds. The molecule has 0 aliphatic carbocycles. The number of rotatable bonds is 3. The minimum Gasteiger partial charge on any atom is -0.288 e. The molecule has 2 aromatic carbocycles. The van der Waals surface area contributed by atoms with E-state index < -0.39 is 11.6 Å². The third-order valence-electron chi connectivity index (χ3n) is 5.42. The van der Waals surface area contributed by atoms with Gasteiger partial charge in [-0.3, -0.25) is 19.6 Å². The van der Waals surface area contributed by atoms with E-state index in [-0.39, 0.29) is 12.1 Å². The maximum atomic E-state index is 13.9. The first-order valence-electron chi connectivity index (χ1n) is 9.18. The zero-order valence-corrected chi connectivity index (χ0v) is 15.0. The van der Waals surface area contributed by atoms with Crippen molar-refractivity contribution in [2.24, 2.45) is 0 Å². The van der Waals surface area contributed by atoms with Crippen LogP contribution in [-0.4, -0.2) is 22.3 Å². The number of carbonyl (C=O) groups is 1. The molecule has 2 aliphatic heterocycles. The number of hydrogen-bond acceptors (Lipinski definition) is 3. The van der Waals surface area contributed by atoms with E-state index in [1.165, 1.54) is 6.07 Å². The quantitative estimate of drug-likeness (QED) is 0.690. The van der Waals surface area contributed by atoms with Gasteiger partial charge in [0, 0.05) is 54.3 Å². The lowest BCUT2D eigenvalue weighted by atomic mass is 9.99. The molecule has 3 heterocycles. The number of nitrogens with zero attached hydrogens (tertiary/aromatic N) is 3. The Labute approximate surface area is 161 Å². The Morgan fingerprint density at radius 3 is 2.64 bits per heavy atom. The summed E-state index contributed by atoms with van der Waals surface area (Å²) >= 11 is 0. The predicted molar refractivity (Wildman–Crippen MR) is 101 cm³/mol. The summed E-state index contributed by atoms with van der Waals surface area (Å²) in [5.41, 5.74) is 3.82. The summed E-state index contributed by atoms with van der Waals surface area (Å²) in [4.78, 5) is 21.4. The molecule has 0 saturated carbocycles. The number of halogens is 2. The van der Waals surface area contributed by atoms with Gasteiger partial charge in [0.05, 0.1) is 0 Å². The molecule has 3 aromatic rings. The van der Waals surface area contributed by atoms with Crippen LogP contribution in [0.1, 0.15) is 33.3 Å². The summed E-state index contributed by atoms with van der Waals surface area (Å²) in [5.74, 6) is -2.11. The highest BCUT2D eigenvalue weighted by atomic mass is 19.2. The Hall–Kier alpha value is -3.12. The van der Waals surface area contributed by atoms with Gasteiger partial charge in [0.25, 0.3) is 5.91 Å². The number of aromatic nitrogens is 1. The van der Waals surface area contributed by atoms with E-state index in [1.807, 2.05) is 30.3 Å². The van der Waals surface area contributed by atoms with Crippen molar-refractivity contribution in [2.75, 3.05) is 11.4 Å². The molecule has 28 heavy (non-hydrogen) atoms. The normalized spacial score (nSPS) is 18.4. The van der Waals surface area contributed by atoms with Gasteiger partial charge in [-0.15, -0.1) is 0 Å². The molecule has 0 fully saturated rings. The van der Waals surface area contributed by atoms with Crippen LogP contribution >= 0.6 is 0 Å². The molecule has 5 rings (SSSR count). The third kappa shape index (κ3) is 2.60. The number of anilines is 1. The molecule has 2 aliphatic rings. The lowest BCUT2D eigenvalue weighted by Crippen LogP contribution is -2.43. The highest BCUT2D eigenvalue weighted by Crippen LogP contribution is 2.43. The second kappa shape index (κ2) is 6.49. The highest BCUT2D eigenvalue weighted by molar-refractivity contribution is 6.11. The zero-order chi connectivity index (χ0) is 19.3. The van der Waals surface area contributed by atoms with Crippen LogP contribution in [0.4, 0.5) is 14.5 Å².